The van der Waals surface area contributed by atoms with Crippen LogP contribution in [0.2, 0.25) is 0 Å². The Morgan fingerprint density at radius 1 is 1.13 bits per heavy atom. The number of likely N-dealkylation sites (tertiary alicyclic amines) is 1. The Morgan fingerprint density at radius 2 is 1.87 bits per heavy atom. The standard InChI is InChI=1S/C21H20F4N4O/c1-13-6-14-7-15(21(23,24)25)2-4-17(14)29(13)19(30)28-11-20(12-28)9-27(10-20)18-5-3-16(22)8-26-18/h2-5,7-8,13H,6,9-12H2,1H3. The van der Waals surface area contributed by atoms with Crippen molar-refractivity contribution >= 4 is 17.5 Å². The van der Waals surface area contributed by atoms with E-state index < -0.39 is 11.7 Å². The van der Waals surface area contributed by atoms with Crippen LogP contribution in [0.1, 0.15) is 18.1 Å². The molecule has 2 saturated heterocycles. The molecule has 30 heavy (non-hydrogen) atoms. The van der Waals surface area contributed by atoms with Crippen LogP contribution < -0.4 is 9.80 Å². The number of aromatic nitrogens is 1. The lowest BCUT2D eigenvalue weighted by Crippen LogP contribution is -2.74. The molecule has 5 rings (SSSR count). The largest absolute Gasteiger partial charge is 0.416 e. The van der Waals surface area contributed by atoms with E-state index in [1.165, 1.54) is 18.3 Å². The number of nitrogens with zero attached hydrogens (tertiary/aromatic N) is 4. The maximum Gasteiger partial charge on any atom is 0.416 e. The topological polar surface area (TPSA) is 39.7 Å². The summed E-state index contributed by atoms with van der Waals surface area (Å²) in [6.45, 7) is 4.55. The molecule has 0 N–H and O–H groups in total. The highest BCUT2D eigenvalue weighted by Gasteiger charge is 2.54. The molecule has 0 aliphatic carbocycles. The van der Waals surface area contributed by atoms with Crippen LogP contribution in [0.5, 0.6) is 0 Å². The van der Waals surface area contributed by atoms with Gasteiger partial charge >= 0.3 is 12.2 Å². The van der Waals surface area contributed by atoms with E-state index in [0.717, 1.165) is 31.0 Å². The summed E-state index contributed by atoms with van der Waals surface area (Å²) in [6, 6.07) is 6.26. The van der Waals surface area contributed by atoms with Gasteiger partial charge < -0.3 is 9.80 Å². The number of carbonyl (C=O) groups is 1. The Bertz CT molecular complexity index is 993. The molecule has 1 unspecified atom stereocenters. The Morgan fingerprint density at radius 3 is 2.50 bits per heavy atom. The number of rotatable bonds is 1. The van der Waals surface area contributed by atoms with Gasteiger partial charge in [-0.15, -0.1) is 0 Å². The number of pyridine rings is 1. The van der Waals surface area contributed by atoms with Crippen LogP contribution in [0, 0.1) is 11.2 Å². The monoisotopic (exact) mass is 420 g/mol. The van der Waals surface area contributed by atoms with Gasteiger partial charge in [-0.2, -0.15) is 13.2 Å². The molecule has 2 fully saturated rings. The van der Waals surface area contributed by atoms with Gasteiger partial charge in [-0.1, -0.05) is 0 Å². The van der Waals surface area contributed by atoms with Crippen molar-refractivity contribution in [3.8, 4) is 0 Å². The van der Waals surface area contributed by atoms with Gasteiger partial charge in [0, 0.05) is 43.3 Å². The number of alkyl halides is 3. The predicted octanol–water partition coefficient (Wildman–Crippen LogP) is 3.93. The van der Waals surface area contributed by atoms with Gasteiger partial charge in [0.05, 0.1) is 11.8 Å². The van der Waals surface area contributed by atoms with Crippen molar-refractivity contribution < 1.29 is 22.4 Å². The Balaban J connectivity index is 1.24. The van der Waals surface area contributed by atoms with E-state index in [4.69, 9.17) is 0 Å². The van der Waals surface area contributed by atoms with Gasteiger partial charge in [0.2, 0.25) is 0 Å². The summed E-state index contributed by atoms with van der Waals surface area (Å²) in [4.78, 5) is 22.6. The average Bonchev–Trinajstić information content (AvgIpc) is 2.94. The summed E-state index contributed by atoms with van der Waals surface area (Å²) in [5, 5.41) is 0. The maximum absolute atomic E-state index is 13.1. The summed E-state index contributed by atoms with van der Waals surface area (Å²) >= 11 is 0. The van der Waals surface area contributed by atoms with Gasteiger partial charge in [-0.25, -0.2) is 14.2 Å². The average molecular weight is 420 g/mol. The molecule has 0 bridgehead atoms. The first-order valence-corrected chi connectivity index (χ1v) is 9.80. The Hall–Kier alpha value is -2.84. The normalized spacial score (nSPS) is 22.0. The van der Waals surface area contributed by atoms with Gasteiger partial charge in [0.1, 0.15) is 11.6 Å². The quantitative estimate of drug-likeness (QED) is 0.657. The number of carbonyl (C=O) groups excluding carboxylic acids is 1. The highest BCUT2D eigenvalue weighted by molar-refractivity contribution is 5.95. The second kappa shape index (κ2) is 6.33. The number of anilines is 2. The number of hydrogen-bond acceptors (Lipinski definition) is 3. The number of hydrogen-bond donors (Lipinski definition) is 0. The molecule has 5 nitrogen and oxygen atoms in total. The molecule has 158 valence electrons. The molecule has 1 atom stereocenters. The molecule has 0 saturated carbocycles. The van der Waals surface area contributed by atoms with Gasteiger partial charge in [-0.05, 0) is 49.2 Å². The molecule has 0 radical (unpaired) electrons. The minimum absolute atomic E-state index is 0.0116. The highest BCUT2D eigenvalue weighted by Crippen LogP contribution is 2.44. The minimum Gasteiger partial charge on any atom is -0.355 e. The number of benzene rings is 1. The van der Waals surface area contributed by atoms with Crippen molar-refractivity contribution in [2.75, 3.05) is 36.0 Å². The third-order valence-corrected chi connectivity index (χ3v) is 6.24. The summed E-state index contributed by atoms with van der Waals surface area (Å²) < 4.78 is 52.0. The lowest BCUT2D eigenvalue weighted by molar-refractivity contribution is -0.137. The van der Waals surface area contributed by atoms with Gasteiger partial charge in [0.15, 0.2) is 0 Å². The molecular weight excluding hydrogens is 400 g/mol. The summed E-state index contributed by atoms with van der Waals surface area (Å²) in [5.74, 6) is 0.339. The van der Waals surface area contributed by atoms with E-state index in [-0.39, 0.29) is 23.3 Å². The molecule has 3 aliphatic heterocycles. The lowest BCUT2D eigenvalue weighted by atomic mass is 9.73. The number of urea groups is 1. The zero-order valence-corrected chi connectivity index (χ0v) is 16.3. The Kier molecular flexibility index (Phi) is 4.04. The van der Waals surface area contributed by atoms with E-state index in [1.54, 1.807) is 15.9 Å². The number of fused-ring (bicyclic) bond motifs is 1. The van der Waals surface area contributed by atoms with Gasteiger partial charge in [0.25, 0.3) is 0 Å². The summed E-state index contributed by atoms with van der Waals surface area (Å²) in [5.41, 5.74) is 0.442. The molecule has 2 aromatic rings. The zero-order valence-electron chi connectivity index (χ0n) is 16.3. The molecule has 4 heterocycles. The first kappa shape index (κ1) is 19.1. The second-order valence-corrected chi connectivity index (χ2v) is 8.59. The van der Waals surface area contributed by atoms with Gasteiger partial charge in [-0.3, -0.25) is 4.90 Å². The molecule has 3 aliphatic rings. The molecule has 2 amide bonds. The van der Waals surface area contributed by atoms with E-state index in [0.29, 0.717) is 30.8 Å². The molecular formula is C21H20F4N4O. The molecule has 1 aromatic carbocycles. The third-order valence-electron chi connectivity index (χ3n) is 6.24. The SMILES string of the molecule is CC1Cc2cc(C(F)(F)F)ccc2N1C(=O)N1CC2(C1)CN(c1ccc(F)cn1)C2. The van der Waals surface area contributed by atoms with Crippen LogP contribution in [0.15, 0.2) is 36.5 Å². The first-order valence-electron chi connectivity index (χ1n) is 9.80. The zero-order chi connectivity index (χ0) is 21.3. The van der Waals surface area contributed by atoms with Crippen molar-refractivity contribution in [1.29, 1.82) is 0 Å². The summed E-state index contributed by atoms with van der Waals surface area (Å²) in [6.07, 6.45) is -2.80. The number of amides is 2. The van der Waals surface area contributed by atoms with Crippen molar-refractivity contribution in [1.82, 2.24) is 9.88 Å². The van der Waals surface area contributed by atoms with Crippen LogP contribution >= 0.6 is 0 Å². The van der Waals surface area contributed by atoms with Crippen LogP contribution in [0.3, 0.4) is 0 Å². The Labute approximate surface area is 170 Å². The summed E-state index contributed by atoms with van der Waals surface area (Å²) in [7, 11) is 0. The third kappa shape index (κ3) is 2.98. The van der Waals surface area contributed by atoms with E-state index in [2.05, 4.69) is 4.98 Å². The van der Waals surface area contributed by atoms with Crippen LogP contribution in [-0.4, -0.2) is 48.1 Å². The number of halogens is 4. The smallest absolute Gasteiger partial charge is 0.355 e. The second-order valence-electron chi connectivity index (χ2n) is 8.59. The predicted molar refractivity (Wildman–Crippen MR) is 103 cm³/mol. The van der Waals surface area contributed by atoms with Crippen LogP contribution in [0.25, 0.3) is 0 Å². The van der Waals surface area contributed by atoms with Crippen LogP contribution in [0.4, 0.5) is 33.9 Å². The highest BCUT2D eigenvalue weighted by atomic mass is 19.4. The molecule has 9 heteroatoms. The van der Waals surface area contributed by atoms with Crippen molar-refractivity contribution in [2.45, 2.75) is 25.6 Å². The minimum atomic E-state index is -4.39. The van der Waals surface area contributed by atoms with E-state index >= 15 is 0 Å². The fraction of sp³-hybridized carbons (Fsp3) is 0.429. The maximum atomic E-state index is 13.1. The van der Waals surface area contributed by atoms with Crippen molar-refractivity contribution in [3.63, 3.8) is 0 Å². The van der Waals surface area contributed by atoms with Crippen molar-refractivity contribution in [3.05, 3.63) is 53.5 Å². The fourth-order valence-electron chi connectivity index (χ4n) is 4.83. The van der Waals surface area contributed by atoms with E-state index in [1.807, 2.05) is 11.8 Å². The fourth-order valence-corrected chi connectivity index (χ4v) is 4.83. The molecule has 1 spiro atoms. The van der Waals surface area contributed by atoms with Crippen LogP contribution in [-0.2, 0) is 12.6 Å². The first-order chi connectivity index (χ1) is 14.2. The van der Waals surface area contributed by atoms with Crippen molar-refractivity contribution in [2.24, 2.45) is 5.41 Å². The lowest BCUT2D eigenvalue weighted by Gasteiger charge is -2.60. The molecule has 1 aromatic heterocycles. The van der Waals surface area contributed by atoms with E-state index in [9.17, 15) is 22.4 Å².